The Hall–Kier alpha value is -4.49. The fourth-order valence-corrected chi connectivity index (χ4v) is 3.60. The van der Waals surface area contributed by atoms with Gasteiger partial charge in [0.2, 0.25) is 5.95 Å². The van der Waals surface area contributed by atoms with Gasteiger partial charge in [-0.3, -0.25) is 9.78 Å². The van der Waals surface area contributed by atoms with Gasteiger partial charge in [-0.25, -0.2) is 9.97 Å². The van der Waals surface area contributed by atoms with Gasteiger partial charge < -0.3 is 15.1 Å². The lowest BCUT2D eigenvalue weighted by molar-refractivity contribution is 0.0997. The Morgan fingerprint density at radius 2 is 1.80 bits per heavy atom. The monoisotopic (exact) mass is 481 g/mol. The Balaban J connectivity index is 1.32. The van der Waals surface area contributed by atoms with Crippen molar-refractivity contribution in [2.24, 2.45) is 0 Å². The topological polar surface area (TPSA) is 92.9 Å². The van der Waals surface area contributed by atoms with Crippen LogP contribution in [0, 0.1) is 6.92 Å². The largest absolute Gasteiger partial charge is 0.451 e. The number of carbonyl (C=O) groups excluding carboxylic acids is 1. The normalized spacial score (nSPS) is 10.7. The number of carbonyl (C=O) groups is 1. The van der Waals surface area contributed by atoms with Crippen LogP contribution in [0.1, 0.15) is 16.1 Å². The zero-order valence-electron chi connectivity index (χ0n) is 18.7. The number of hydrogen-bond acceptors (Lipinski definition) is 6. The summed E-state index contributed by atoms with van der Waals surface area (Å²) in [5, 5.41) is 6.75. The van der Waals surface area contributed by atoms with Crippen LogP contribution in [-0.4, -0.2) is 20.9 Å². The Kier molecular flexibility index (Phi) is 6.24. The minimum atomic E-state index is -0.352. The maximum absolute atomic E-state index is 12.8. The average molecular weight is 482 g/mol. The van der Waals surface area contributed by atoms with Gasteiger partial charge in [0.05, 0.1) is 5.69 Å². The highest BCUT2D eigenvalue weighted by atomic mass is 35.5. The maximum Gasteiger partial charge on any atom is 0.291 e. The molecule has 3 heterocycles. The minimum absolute atomic E-state index is 0.206. The second kappa shape index (κ2) is 9.79. The Labute approximate surface area is 206 Å². The van der Waals surface area contributed by atoms with Gasteiger partial charge in [-0.1, -0.05) is 17.7 Å². The summed E-state index contributed by atoms with van der Waals surface area (Å²) in [5.41, 5.74) is 4.84. The molecule has 2 N–H and O–H groups in total. The molecule has 0 bridgehead atoms. The van der Waals surface area contributed by atoms with Crippen molar-refractivity contribution in [1.82, 2.24) is 15.0 Å². The molecule has 0 spiro atoms. The molecule has 0 saturated heterocycles. The first-order chi connectivity index (χ1) is 17.0. The second-order valence-corrected chi connectivity index (χ2v) is 8.22. The van der Waals surface area contributed by atoms with Crippen molar-refractivity contribution < 1.29 is 9.21 Å². The number of anilines is 3. The molecule has 1 amide bonds. The third-order valence-electron chi connectivity index (χ3n) is 5.31. The number of furan rings is 1. The summed E-state index contributed by atoms with van der Waals surface area (Å²) in [4.78, 5) is 25.8. The SMILES string of the molecule is Cc1ccc(NC(=O)c2ccc(-c3ccc(Cl)cc3)o2)cc1Nc1nccc(-c2cccnc2)n1. The van der Waals surface area contributed by atoms with Gasteiger partial charge in [0, 0.05) is 46.1 Å². The molecule has 0 radical (unpaired) electrons. The lowest BCUT2D eigenvalue weighted by Crippen LogP contribution is -2.11. The summed E-state index contributed by atoms with van der Waals surface area (Å²) < 4.78 is 5.75. The van der Waals surface area contributed by atoms with Crippen molar-refractivity contribution in [3.63, 3.8) is 0 Å². The average Bonchev–Trinajstić information content (AvgIpc) is 3.38. The van der Waals surface area contributed by atoms with Gasteiger partial charge in [0.15, 0.2) is 5.76 Å². The predicted molar refractivity (Wildman–Crippen MR) is 137 cm³/mol. The van der Waals surface area contributed by atoms with Crippen LogP contribution in [0.15, 0.2) is 95.8 Å². The van der Waals surface area contributed by atoms with Crippen LogP contribution in [-0.2, 0) is 0 Å². The Bertz CT molecular complexity index is 1480. The number of rotatable bonds is 6. The number of pyridine rings is 1. The van der Waals surface area contributed by atoms with E-state index in [2.05, 4.69) is 25.6 Å². The van der Waals surface area contributed by atoms with Crippen molar-refractivity contribution in [2.45, 2.75) is 6.92 Å². The van der Waals surface area contributed by atoms with Gasteiger partial charge in [-0.05, 0) is 79.2 Å². The van der Waals surface area contributed by atoms with Crippen LogP contribution in [0.5, 0.6) is 0 Å². The Morgan fingerprint density at radius 1 is 0.943 bits per heavy atom. The van der Waals surface area contributed by atoms with Gasteiger partial charge in [-0.15, -0.1) is 0 Å². The van der Waals surface area contributed by atoms with Crippen molar-refractivity contribution in [3.8, 4) is 22.6 Å². The highest BCUT2D eigenvalue weighted by Crippen LogP contribution is 2.26. The molecular weight excluding hydrogens is 462 g/mol. The molecule has 172 valence electrons. The summed E-state index contributed by atoms with van der Waals surface area (Å²) in [6.07, 6.45) is 5.16. The lowest BCUT2D eigenvalue weighted by Gasteiger charge is -2.12. The fraction of sp³-hybridized carbons (Fsp3) is 0.0370. The zero-order chi connectivity index (χ0) is 24.2. The second-order valence-electron chi connectivity index (χ2n) is 7.79. The van der Waals surface area contributed by atoms with Crippen LogP contribution >= 0.6 is 11.6 Å². The van der Waals surface area contributed by atoms with E-state index < -0.39 is 0 Å². The molecule has 5 aromatic rings. The molecule has 0 unspecified atom stereocenters. The smallest absolute Gasteiger partial charge is 0.291 e. The van der Waals surface area contributed by atoms with Crippen molar-refractivity contribution >= 4 is 34.8 Å². The first-order valence-corrected chi connectivity index (χ1v) is 11.2. The van der Waals surface area contributed by atoms with E-state index in [-0.39, 0.29) is 11.7 Å². The fourth-order valence-electron chi connectivity index (χ4n) is 3.47. The molecule has 0 aliphatic heterocycles. The standard InChI is InChI=1S/C27H20ClN5O2/c1-17-4-9-21(31-26(34)25-11-10-24(35-25)18-5-7-20(28)8-6-18)15-23(17)33-27-30-14-12-22(32-27)19-3-2-13-29-16-19/h2-16H,1H3,(H,31,34)(H,30,32,33). The molecule has 35 heavy (non-hydrogen) atoms. The van der Waals surface area contributed by atoms with Gasteiger partial charge in [0.1, 0.15) is 5.76 Å². The predicted octanol–water partition coefficient (Wildman–Crippen LogP) is 6.76. The molecular formula is C27H20ClN5O2. The van der Waals surface area contributed by atoms with E-state index >= 15 is 0 Å². The molecule has 7 nitrogen and oxygen atoms in total. The first-order valence-electron chi connectivity index (χ1n) is 10.8. The zero-order valence-corrected chi connectivity index (χ0v) is 19.5. The molecule has 8 heteroatoms. The van der Waals surface area contributed by atoms with Crippen molar-refractivity contribution in [2.75, 3.05) is 10.6 Å². The van der Waals surface area contributed by atoms with E-state index in [1.54, 1.807) is 42.9 Å². The lowest BCUT2D eigenvalue weighted by atomic mass is 10.1. The molecule has 2 aromatic carbocycles. The molecule has 0 aliphatic rings. The summed E-state index contributed by atoms with van der Waals surface area (Å²) in [6.45, 7) is 1.96. The summed E-state index contributed by atoms with van der Waals surface area (Å²) >= 11 is 5.95. The van der Waals surface area contributed by atoms with E-state index in [1.165, 1.54) is 0 Å². The van der Waals surface area contributed by atoms with Crippen LogP contribution in [0.2, 0.25) is 5.02 Å². The number of benzene rings is 2. The van der Waals surface area contributed by atoms with E-state index in [1.807, 2.05) is 55.5 Å². The van der Waals surface area contributed by atoms with Crippen molar-refractivity contribution in [3.05, 3.63) is 108 Å². The number of halogens is 1. The summed E-state index contributed by atoms with van der Waals surface area (Å²) in [5.74, 6) is 0.882. The van der Waals surface area contributed by atoms with Crippen LogP contribution in [0.25, 0.3) is 22.6 Å². The van der Waals surface area contributed by atoms with Crippen LogP contribution < -0.4 is 10.6 Å². The van der Waals surface area contributed by atoms with E-state index in [0.717, 1.165) is 28.1 Å². The third-order valence-corrected chi connectivity index (χ3v) is 5.57. The molecule has 0 aliphatic carbocycles. The summed E-state index contributed by atoms with van der Waals surface area (Å²) in [6, 6.07) is 21.8. The molecule has 0 saturated carbocycles. The number of aromatic nitrogens is 3. The van der Waals surface area contributed by atoms with E-state index in [0.29, 0.717) is 22.4 Å². The van der Waals surface area contributed by atoms with Gasteiger partial charge >= 0.3 is 0 Å². The van der Waals surface area contributed by atoms with Crippen LogP contribution in [0.4, 0.5) is 17.3 Å². The Morgan fingerprint density at radius 3 is 2.60 bits per heavy atom. The minimum Gasteiger partial charge on any atom is -0.451 e. The number of nitrogens with zero attached hydrogens (tertiary/aromatic N) is 3. The highest BCUT2D eigenvalue weighted by molar-refractivity contribution is 6.30. The number of amides is 1. The third kappa shape index (κ3) is 5.20. The first kappa shape index (κ1) is 22.3. The number of hydrogen-bond donors (Lipinski definition) is 2. The number of nitrogens with one attached hydrogen (secondary N) is 2. The van der Waals surface area contributed by atoms with Crippen LogP contribution in [0.3, 0.4) is 0 Å². The van der Waals surface area contributed by atoms with Crippen molar-refractivity contribution in [1.29, 1.82) is 0 Å². The maximum atomic E-state index is 12.8. The molecule has 3 aromatic heterocycles. The quantitative estimate of drug-likeness (QED) is 0.278. The van der Waals surface area contributed by atoms with E-state index in [9.17, 15) is 4.79 Å². The summed E-state index contributed by atoms with van der Waals surface area (Å²) in [7, 11) is 0. The van der Waals surface area contributed by atoms with E-state index in [4.69, 9.17) is 16.0 Å². The van der Waals surface area contributed by atoms with Gasteiger partial charge in [-0.2, -0.15) is 0 Å². The highest BCUT2D eigenvalue weighted by Gasteiger charge is 2.14. The molecule has 5 rings (SSSR count). The number of aryl methyl sites for hydroxylation is 1. The molecule has 0 atom stereocenters. The van der Waals surface area contributed by atoms with Gasteiger partial charge in [0.25, 0.3) is 5.91 Å². The molecule has 0 fully saturated rings.